The molecule has 3 aromatic rings. The maximum atomic E-state index is 12.9. The maximum absolute atomic E-state index is 12.9. The zero-order valence-corrected chi connectivity index (χ0v) is 21.9. The van der Waals surface area contributed by atoms with Crippen LogP contribution in [0, 0.1) is 3.57 Å². The molecule has 0 spiro atoms. The Labute approximate surface area is 220 Å². The van der Waals surface area contributed by atoms with Gasteiger partial charge in [-0.1, -0.05) is 36.4 Å². The fraction of sp³-hybridized carbons (Fsp3) is 0.115. The molecule has 3 aromatic carbocycles. The van der Waals surface area contributed by atoms with E-state index in [0.29, 0.717) is 33.9 Å². The number of carbonyl (C=O) groups is 2. The van der Waals surface area contributed by atoms with Crippen LogP contribution in [0.1, 0.15) is 21.5 Å². The van der Waals surface area contributed by atoms with Crippen LogP contribution in [0.25, 0.3) is 6.08 Å². The van der Waals surface area contributed by atoms with Crippen molar-refractivity contribution in [3.05, 3.63) is 91.9 Å². The van der Waals surface area contributed by atoms with Crippen LogP contribution in [0.3, 0.4) is 0 Å². The minimum Gasteiger partial charge on any atom is -0.493 e. The normalized spacial score (nSPS) is 15.6. The van der Waals surface area contributed by atoms with Crippen LogP contribution in [0.2, 0.25) is 0 Å². The molecule has 9 heteroatoms. The number of carboxylic acid groups (broad SMARTS) is 1. The number of thioether (sulfide) groups is 1. The van der Waals surface area contributed by atoms with Crippen LogP contribution >= 0.6 is 34.4 Å². The lowest BCUT2D eigenvalue weighted by atomic mass is 10.1. The second kappa shape index (κ2) is 11.0. The molecule has 0 aromatic heterocycles. The van der Waals surface area contributed by atoms with Gasteiger partial charge in [0, 0.05) is 7.05 Å². The smallest absolute Gasteiger partial charge is 0.335 e. The molecule has 0 bridgehead atoms. The van der Waals surface area contributed by atoms with Crippen molar-refractivity contribution in [1.82, 2.24) is 4.90 Å². The largest absolute Gasteiger partial charge is 0.493 e. The van der Waals surface area contributed by atoms with Gasteiger partial charge in [0.1, 0.15) is 6.61 Å². The highest BCUT2D eigenvalue weighted by Gasteiger charge is 2.30. The summed E-state index contributed by atoms with van der Waals surface area (Å²) < 4.78 is 12.4. The van der Waals surface area contributed by atoms with Crippen LogP contribution in [-0.4, -0.2) is 41.2 Å². The number of benzene rings is 3. The van der Waals surface area contributed by atoms with Crippen molar-refractivity contribution >= 4 is 63.2 Å². The minimum absolute atomic E-state index is 0.135. The number of nitrogens with zero attached hydrogens (tertiary/aromatic N) is 2. The number of rotatable bonds is 7. The molecule has 7 nitrogen and oxygen atoms in total. The Morgan fingerprint density at radius 1 is 1.14 bits per heavy atom. The topological polar surface area (TPSA) is 88.4 Å². The molecule has 178 valence electrons. The van der Waals surface area contributed by atoms with E-state index in [2.05, 4.69) is 27.6 Å². The Kier molecular flexibility index (Phi) is 7.76. The Hall–Kier alpha value is -3.31. The van der Waals surface area contributed by atoms with E-state index in [1.165, 1.54) is 28.8 Å². The summed E-state index contributed by atoms with van der Waals surface area (Å²) in [6.07, 6.45) is 1.78. The van der Waals surface area contributed by atoms with Gasteiger partial charge in [0.15, 0.2) is 16.7 Å². The van der Waals surface area contributed by atoms with E-state index >= 15 is 0 Å². The number of carboxylic acids is 1. The summed E-state index contributed by atoms with van der Waals surface area (Å²) in [5, 5.41) is 9.67. The number of ether oxygens (including phenoxy) is 2. The van der Waals surface area contributed by atoms with Crippen molar-refractivity contribution in [3.8, 4) is 11.5 Å². The van der Waals surface area contributed by atoms with Gasteiger partial charge in [-0.25, -0.2) is 9.79 Å². The van der Waals surface area contributed by atoms with Crippen LogP contribution in [-0.2, 0) is 11.4 Å². The third kappa shape index (κ3) is 5.85. The second-order valence-corrected chi connectivity index (χ2v) is 9.70. The molecule has 0 saturated carbocycles. The number of likely N-dealkylation sites (N-methyl/N-ethyl adjacent to an activating group) is 1. The van der Waals surface area contributed by atoms with E-state index in [9.17, 15) is 14.7 Å². The van der Waals surface area contributed by atoms with Gasteiger partial charge in [-0.05, 0) is 81.9 Å². The lowest BCUT2D eigenvalue weighted by molar-refractivity contribution is -0.121. The molecule has 1 saturated heterocycles. The van der Waals surface area contributed by atoms with Crippen molar-refractivity contribution in [2.24, 2.45) is 4.99 Å². The van der Waals surface area contributed by atoms with E-state index < -0.39 is 5.97 Å². The van der Waals surface area contributed by atoms with Crippen LogP contribution in [0.5, 0.6) is 11.5 Å². The molecular weight excluding hydrogens is 579 g/mol. The van der Waals surface area contributed by atoms with E-state index in [-0.39, 0.29) is 11.5 Å². The highest BCUT2D eigenvalue weighted by molar-refractivity contribution is 14.1. The first-order chi connectivity index (χ1) is 16.9. The molecule has 1 N–H and O–H groups in total. The first kappa shape index (κ1) is 24.8. The summed E-state index contributed by atoms with van der Waals surface area (Å²) in [7, 11) is 3.22. The lowest BCUT2D eigenvalue weighted by Crippen LogP contribution is -2.23. The van der Waals surface area contributed by atoms with E-state index in [1.54, 1.807) is 32.4 Å². The van der Waals surface area contributed by atoms with Gasteiger partial charge in [0.25, 0.3) is 5.91 Å². The summed E-state index contributed by atoms with van der Waals surface area (Å²) in [4.78, 5) is 30.5. The van der Waals surface area contributed by atoms with Crippen molar-refractivity contribution in [2.45, 2.75) is 6.61 Å². The third-order valence-electron chi connectivity index (χ3n) is 5.10. The van der Waals surface area contributed by atoms with E-state index in [1.807, 2.05) is 42.5 Å². The van der Waals surface area contributed by atoms with Gasteiger partial charge in [-0.3, -0.25) is 9.69 Å². The van der Waals surface area contributed by atoms with Crippen LogP contribution in [0.15, 0.2) is 76.6 Å². The van der Waals surface area contributed by atoms with Gasteiger partial charge >= 0.3 is 5.97 Å². The number of hydrogen-bond acceptors (Lipinski definition) is 6. The zero-order valence-electron chi connectivity index (χ0n) is 18.9. The Bertz CT molecular complexity index is 1340. The summed E-state index contributed by atoms with van der Waals surface area (Å²) in [5.74, 6) is -0.0116. The Morgan fingerprint density at radius 2 is 1.91 bits per heavy atom. The number of methoxy groups -OCH3 is 1. The quantitative estimate of drug-likeness (QED) is 0.272. The summed E-state index contributed by atoms with van der Waals surface area (Å²) >= 11 is 3.42. The van der Waals surface area contributed by atoms with E-state index in [4.69, 9.17) is 9.47 Å². The van der Waals surface area contributed by atoms with Crippen LogP contribution in [0.4, 0.5) is 5.69 Å². The first-order valence-electron chi connectivity index (χ1n) is 10.5. The minimum atomic E-state index is -1.03. The lowest BCUT2D eigenvalue weighted by Gasteiger charge is -2.14. The Morgan fingerprint density at radius 3 is 2.63 bits per heavy atom. The second-order valence-electron chi connectivity index (χ2n) is 7.53. The van der Waals surface area contributed by atoms with Gasteiger partial charge in [-0.15, -0.1) is 0 Å². The van der Waals surface area contributed by atoms with Gasteiger partial charge < -0.3 is 14.6 Å². The number of halogens is 1. The third-order valence-corrected chi connectivity index (χ3v) is 6.96. The molecule has 1 heterocycles. The summed E-state index contributed by atoms with van der Waals surface area (Å²) in [6.45, 7) is 0.412. The fourth-order valence-corrected chi connectivity index (χ4v) is 5.08. The highest BCUT2D eigenvalue weighted by Crippen LogP contribution is 2.38. The number of amidine groups is 1. The Balaban J connectivity index is 1.58. The van der Waals surface area contributed by atoms with Gasteiger partial charge in [0.2, 0.25) is 0 Å². The van der Waals surface area contributed by atoms with Crippen LogP contribution < -0.4 is 9.47 Å². The number of aromatic carboxylic acids is 1. The number of amides is 1. The first-order valence-corrected chi connectivity index (χ1v) is 12.4. The van der Waals surface area contributed by atoms with Crippen molar-refractivity contribution in [2.75, 3.05) is 14.2 Å². The molecule has 35 heavy (non-hydrogen) atoms. The standard InChI is InChI=1S/C26H21IN2O5S/c1-29-24(30)22(35-26(29)28-19-10-6-9-18(14-19)25(31)32)13-17-11-20(27)23(21(12-17)33-2)34-15-16-7-4-3-5-8-16/h3-14H,15H2,1-2H3,(H,31,32)/b22-13+,28-26?. The van der Waals surface area contributed by atoms with Gasteiger partial charge in [0.05, 0.1) is 26.8 Å². The molecule has 0 unspecified atom stereocenters. The van der Waals surface area contributed by atoms with Gasteiger partial charge in [-0.2, -0.15) is 0 Å². The molecule has 4 rings (SSSR count). The molecule has 0 radical (unpaired) electrons. The summed E-state index contributed by atoms with van der Waals surface area (Å²) in [6, 6.07) is 19.9. The molecule has 1 aliphatic heterocycles. The molecule has 1 aliphatic rings. The molecular formula is C26H21IN2O5S. The molecule has 0 atom stereocenters. The SMILES string of the molecule is COc1cc(/C=C2/SC(=Nc3cccc(C(=O)O)c3)N(C)C2=O)cc(I)c1OCc1ccccc1. The summed E-state index contributed by atoms with van der Waals surface area (Å²) in [5.41, 5.74) is 2.44. The average Bonchev–Trinajstić information content (AvgIpc) is 3.11. The monoisotopic (exact) mass is 600 g/mol. The maximum Gasteiger partial charge on any atom is 0.335 e. The highest BCUT2D eigenvalue weighted by atomic mass is 127. The predicted molar refractivity (Wildman–Crippen MR) is 145 cm³/mol. The van der Waals surface area contributed by atoms with Crippen molar-refractivity contribution in [1.29, 1.82) is 0 Å². The van der Waals surface area contributed by atoms with E-state index in [0.717, 1.165) is 14.7 Å². The van der Waals surface area contributed by atoms with Crippen molar-refractivity contribution in [3.63, 3.8) is 0 Å². The molecule has 1 fully saturated rings. The number of carbonyl (C=O) groups excluding carboxylic acids is 1. The predicted octanol–water partition coefficient (Wildman–Crippen LogP) is 5.81. The average molecular weight is 600 g/mol. The molecule has 1 amide bonds. The molecule has 0 aliphatic carbocycles. The number of aliphatic imine (C=N–C) groups is 1. The fourth-order valence-electron chi connectivity index (χ4n) is 3.31. The van der Waals surface area contributed by atoms with Crippen molar-refractivity contribution < 1.29 is 24.2 Å². The number of hydrogen-bond donors (Lipinski definition) is 1. The zero-order chi connectivity index (χ0) is 24.9.